The van der Waals surface area contributed by atoms with Crippen LogP contribution in [-0.4, -0.2) is 38.9 Å². The van der Waals surface area contributed by atoms with Gasteiger partial charge in [-0.25, -0.2) is 4.68 Å². The quantitative estimate of drug-likeness (QED) is 0.807. The summed E-state index contributed by atoms with van der Waals surface area (Å²) in [4.78, 5) is 38.7. The molecule has 0 unspecified atom stereocenters. The molecule has 3 amide bonds. The average molecular weight is 380 g/mol. The largest absolute Gasteiger partial charge is 0.309 e. The molecule has 1 aromatic carbocycles. The van der Waals surface area contributed by atoms with E-state index in [1.54, 1.807) is 16.9 Å². The van der Waals surface area contributed by atoms with E-state index >= 15 is 0 Å². The van der Waals surface area contributed by atoms with Crippen molar-refractivity contribution in [2.75, 3.05) is 11.9 Å². The van der Waals surface area contributed by atoms with E-state index in [1.165, 1.54) is 0 Å². The van der Waals surface area contributed by atoms with Crippen molar-refractivity contribution in [3.8, 4) is 0 Å². The summed E-state index contributed by atoms with van der Waals surface area (Å²) < 4.78 is 1.69. The Morgan fingerprint density at radius 2 is 1.86 bits per heavy atom. The van der Waals surface area contributed by atoms with Crippen molar-refractivity contribution in [2.45, 2.75) is 39.2 Å². The molecule has 7 nitrogen and oxygen atoms in total. The summed E-state index contributed by atoms with van der Waals surface area (Å²) in [5.41, 5.74) is 2.23. The molecule has 2 atom stereocenters. The molecular weight excluding hydrogens is 356 g/mol. The van der Waals surface area contributed by atoms with Crippen molar-refractivity contribution in [3.05, 3.63) is 47.7 Å². The summed E-state index contributed by atoms with van der Waals surface area (Å²) in [6.45, 7) is 2.31. The lowest BCUT2D eigenvalue weighted by Gasteiger charge is -2.19. The van der Waals surface area contributed by atoms with Gasteiger partial charge in [-0.15, -0.1) is 0 Å². The van der Waals surface area contributed by atoms with Crippen LogP contribution in [0.1, 0.15) is 36.8 Å². The van der Waals surface area contributed by atoms with E-state index in [0.29, 0.717) is 12.4 Å². The zero-order valence-corrected chi connectivity index (χ0v) is 15.9. The van der Waals surface area contributed by atoms with E-state index in [0.717, 1.165) is 41.7 Å². The minimum absolute atomic E-state index is 0.196. The van der Waals surface area contributed by atoms with Crippen molar-refractivity contribution in [1.82, 2.24) is 14.7 Å². The molecule has 1 aromatic heterocycles. The first-order valence-corrected chi connectivity index (χ1v) is 9.75. The number of amides is 3. The highest BCUT2D eigenvalue weighted by Crippen LogP contribution is 2.37. The molecule has 1 saturated heterocycles. The molecule has 1 aliphatic carbocycles. The normalized spacial score (nSPS) is 21.7. The Labute approximate surface area is 163 Å². The molecule has 28 heavy (non-hydrogen) atoms. The highest BCUT2D eigenvalue weighted by molar-refractivity contribution is 6.08. The van der Waals surface area contributed by atoms with Gasteiger partial charge in [-0.3, -0.25) is 19.3 Å². The smallest absolute Gasteiger partial charge is 0.245 e. The Bertz CT molecular complexity index is 896. The van der Waals surface area contributed by atoms with Crippen LogP contribution in [0.25, 0.3) is 0 Å². The predicted molar refractivity (Wildman–Crippen MR) is 103 cm³/mol. The highest BCUT2D eigenvalue weighted by Gasteiger charge is 2.48. The zero-order valence-electron chi connectivity index (χ0n) is 15.9. The number of hydrogen-bond donors (Lipinski definition) is 1. The second-order valence-corrected chi connectivity index (χ2v) is 7.67. The van der Waals surface area contributed by atoms with Crippen LogP contribution < -0.4 is 5.32 Å². The Balaban J connectivity index is 1.41. The number of anilines is 1. The van der Waals surface area contributed by atoms with Crippen LogP contribution in [0.15, 0.2) is 36.5 Å². The molecule has 2 fully saturated rings. The third-order valence-corrected chi connectivity index (χ3v) is 5.63. The lowest BCUT2D eigenvalue weighted by molar-refractivity contribution is -0.142. The standard InChI is InChI=1S/C21H24N4O3/c1-14-5-4-6-15(11-14)12-25-18(9-10-22-25)23-19(26)13-24-20(27)16-7-2-3-8-17(16)21(24)28/h4-6,9-11,16-17H,2-3,7-8,12-13H2,1H3,(H,23,26)/t16-,17+. The summed E-state index contributed by atoms with van der Waals surface area (Å²) >= 11 is 0. The molecule has 2 heterocycles. The van der Waals surface area contributed by atoms with Gasteiger partial charge in [0.25, 0.3) is 0 Å². The number of carbonyl (C=O) groups is 3. The van der Waals surface area contributed by atoms with Gasteiger partial charge < -0.3 is 5.32 Å². The molecule has 7 heteroatoms. The molecule has 1 saturated carbocycles. The monoisotopic (exact) mass is 380 g/mol. The first-order valence-electron chi connectivity index (χ1n) is 9.75. The topological polar surface area (TPSA) is 84.3 Å². The van der Waals surface area contributed by atoms with Crippen LogP contribution in [0.3, 0.4) is 0 Å². The molecular formula is C21H24N4O3. The van der Waals surface area contributed by atoms with E-state index in [2.05, 4.69) is 16.5 Å². The van der Waals surface area contributed by atoms with Gasteiger partial charge in [-0.05, 0) is 25.3 Å². The van der Waals surface area contributed by atoms with Gasteiger partial charge in [0.2, 0.25) is 17.7 Å². The Morgan fingerprint density at radius 1 is 1.14 bits per heavy atom. The van der Waals surface area contributed by atoms with Crippen LogP contribution in [-0.2, 0) is 20.9 Å². The minimum atomic E-state index is -0.383. The van der Waals surface area contributed by atoms with Gasteiger partial charge in [-0.2, -0.15) is 5.10 Å². The first-order chi connectivity index (χ1) is 13.5. The van der Waals surface area contributed by atoms with Gasteiger partial charge in [0.1, 0.15) is 12.4 Å². The van der Waals surface area contributed by atoms with Crippen molar-refractivity contribution < 1.29 is 14.4 Å². The molecule has 1 N–H and O–H groups in total. The third kappa shape index (κ3) is 3.56. The van der Waals surface area contributed by atoms with Gasteiger partial charge in [0, 0.05) is 6.07 Å². The summed E-state index contributed by atoms with van der Waals surface area (Å²) in [6.07, 6.45) is 5.05. The Morgan fingerprint density at radius 3 is 2.54 bits per heavy atom. The lowest BCUT2D eigenvalue weighted by atomic mass is 9.81. The Kier molecular flexibility index (Phi) is 4.98. The van der Waals surface area contributed by atoms with E-state index < -0.39 is 0 Å². The summed E-state index contributed by atoms with van der Waals surface area (Å²) in [5.74, 6) is -0.701. The van der Waals surface area contributed by atoms with Crippen LogP contribution in [0.2, 0.25) is 0 Å². The molecule has 2 aromatic rings. The van der Waals surface area contributed by atoms with E-state index in [4.69, 9.17) is 0 Å². The average Bonchev–Trinajstić information content (AvgIpc) is 3.20. The molecule has 0 bridgehead atoms. The van der Waals surface area contributed by atoms with Crippen molar-refractivity contribution >= 4 is 23.5 Å². The number of nitrogens with one attached hydrogen (secondary N) is 1. The molecule has 0 radical (unpaired) electrons. The van der Waals surface area contributed by atoms with Crippen LogP contribution in [0.5, 0.6) is 0 Å². The van der Waals surface area contributed by atoms with Crippen molar-refractivity contribution in [3.63, 3.8) is 0 Å². The Hall–Kier alpha value is -2.96. The number of hydrogen-bond acceptors (Lipinski definition) is 4. The number of nitrogens with zero attached hydrogens (tertiary/aromatic N) is 3. The zero-order chi connectivity index (χ0) is 19.7. The minimum Gasteiger partial charge on any atom is -0.309 e. The van der Waals surface area contributed by atoms with Gasteiger partial charge in [-0.1, -0.05) is 42.7 Å². The maximum Gasteiger partial charge on any atom is 0.245 e. The number of aryl methyl sites for hydroxylation is 1. The molecule has 1 aliphatic heterocycles. The predicted octanol–water partition coefficient (Wildman–Crippen LogP) is 2.35. The van der Waals surface area contributed by atoms with Crippen molar-refractivity contribution in [1.29, 1.82) is 0 Å². The maximum atomic E-state index is 12.5. The number of benzene rings is 1. The highest BCUT2D eigenvalue weighted by atomic mass is 16.2. The van der Waals surface area contributed by atoms with Crippen LogP contribution in [0, 0.1) is 18.8 Å². The van der Waals surface area contributed by atoms with E-state index in [1.807, 2.05) is 25.1 Å². The maximum absolute atomic E-state index is 12.5. The number of rotatable bonds is 5. The fraction of sp³-hybridized carbons (Fsp3) is 0.429. The number of carbonyl (C=O) groups excluding carboxylic acids is 3. The summed E-state index contributed by atoms with van der Waals surface area (Å²) in [6, 6.07) is 9.79. The van der Waals surface area contributed by atoms with E-state index in [9.17, 15) is 14.4 Å². The lowest BCUT2D eigenvalue weighted by Crippen LogP contribution is -2.38. The van der Waals surface area contributed by atoms with Gasteiger partial charge >= 0.3 is 0 Å². The first kappa shape index (κ1) is 18.4. The second-order valence-electron chi connectivity index (χ2n) is 7.67. The molecule has 4 rings (SSSR count). The van der Waals surface area contributed by atoms with E-state index in [-0.39, 0.29) is 36.1 Å². The molecule has 146 valence electrons. The summed E-state index contributed by atoms with van der Waals surface area (Å²) in [7, 11) is 0. The SMILES string of the molecule is Cc1cccc(Cn2nccc2NC(=O)CN2C(=O)[C@H]3CCCC[C@H]3C2=O)c1. The number of aromatic nitrogens is 2. The molecule has 0 spiro atoms. The van der Waals surface area contributed by atoms with Crippen LogP contribution >= 0.6 is 0 Å². The fourth-order valence-corrected chi connectivity index (χ4v) is 4.26. The second kappa shape index (κ2) is 7.58. The van der Waals surface area contributed by atoms with Gasteiger partial charge in [0.05, 0.1) is 24.6 Å². The number of likely N-dealkylation sites (tertiary alicyclic amines) is 1. The van der Waals surface area contributed by atoms with Gasteiger partial charge in [0.15, 0.2) is 0 Å². The summed E-state index contributed by atoms with van der Waals surface area (Å²) in [5, 5.41) is 7.06. The van der Waals surface area contributed by atoms with Crippen molar-refractivity contribution in [2.24, 2.45) is 11.8 Å². The third-order valence-electron chi connectivity index (χ3n) is 5.63. The number of fused-ring (bicyclic) bond motifs is 1. The fourth-order valence-electron chi connectivity index (χ4n) is 4.26. The molecule has 2 aliphatic rings. The number of imide groups is 1. The van der Waals surface area contributed by atoms with Crippen LogP contribution in [0.4, 0.5) is 5.82 Å².